The van der Waals surface area contributed by atoms with Gasteiger partial charge in [-0.2, -0.15) is 0 Å². The predicted molar refractivity (Wildman–Crippen MR) is 65.0 cm³/mol. The van der Waals surface area contributed by atoms with Crippen LogP contribution in [0.1, 0.15) is 30.2 Å². The number of fused-ring (bicyclic) bond motifs is 1. The summed E-state index contributed by atoms with van der Waals surface area (Å²) in [5.74, 6) is 0.418. The average Bonchev–Trinajstić information content (AvgIpc) is 2.66. The molecule has 0 radical (unpaired) electrons. The number of carbonyl (C=O) groups is 1. The maximum absolute atomic E-state index is 11.7. The van der Waals surface area contributed by atoms with Gasteiger partial charge in [-0.1, -0.05) is 6.92 Å². The van der Waals surface area contributed by atoms with E-state index >= 15 is 0 Å². The summed E-state index contributed by atoms with van der Waals surface area (Å²) < 4.78 is 5.05. The van der Waals surface area contributed by atoms with Crippen LogP contribution in [0.5, 0.6) is 0 Å². The monoisotopic (exact) mass is 239 g/mol. The Labute approximate surface area is 100 Å². The standard InChI is InChI=1S/C12H17NO2S/c1-3-15-12(14)13-6-4-10-5-7-16-11(10)9(2)8-13/h5,7,9H,3-4,6,8H2,1-2H3. The van der Waals surface area contributed by atoms with E-state index in [1.165, 1.54) is 10.4 Å². The van der Waals surface area contributed by atoms with Crippen LogP contribution in [0.15, 0.2) is 11.4 Å². The molecule has 1 atom stereocenters. The molecule has 1 amide bonds. The molecule has 0 N–H and O–H groups in total. The molecule has 3 nitrogen and oxygen atoms in total. The van der Waals surface area contributed by atoms with E-state index < -0.39 is 0 Å². The lowest BCUT2D eigenvalue weighted by molar-refractivity contribution is 0.107. The van der Waals surface area contributed by atoms with Crippen molar-refractivity contribution < 1.29 is 9.53 Å². The van der Waals surface area contributed by atoms with Crippen LogP contribution in [0.25, 0.3) is 0 Å². The number of rotatable bonds is 1. The van der Waals surface area contributed by atoms with E-state index in [1.54, 1.807) is 11.3 Å². The summed E-state index contributed by atoms with van der Waals surface area (Å²) in [5.41, 5.74) is 1.39. The summed E-state index contributed by atoms with van der Waals surface area (Å²) in [6, 6.07) is 2.17. The van der Waals surface area contributed by atoms with Gasteiger partial charge in [0, 0.05) is 23.9 Å². The summed E-state index contributed by atoms with van der Waals surface area (Å²) in [5, 5.41) is 2.14. The molecular weight excluding hydrogens is 222 g/mol. The molecule has 0 bridgehead atoms. The van der Waals surface area contributed by atoms with E-state index in [-0.39, 0.29) is 6.09 Å². The fraction of sp³-hybridized carbons (Fsp3) is 0.583. The van der Waals surface area contributed by atoms with Gasteiger partial charge >= 0.3 is 6.09 Å². The molecule has 4 heteroatoms. The van der Waals surface area contributed by atoms with Crippen molar-refractivity contribution in [2.24, 2.45) is 0 Å². The first-order valence-corrected chi connectivity index (χ1v) is 6.58. The predicted octanol–water partition coefficient (Wildman–Crippen LogP) is 2.87. The van der Waals surface area contributed by atoms with Crippen molar-refractivity contribution in [3.63, 3.8) is 0 Å². The lowest BCUT2D eigenvalue weighted by Crippen LogP contribution is -2.34. The van der Waals surface area contributed by atoms with Crippen molar-refractivity contribution in [2.45, 2.75) is 26.2 Å². The number of nitrogens with zero attached hydrogens (tertiary/aromatic N) is 1. The van der Waals surface area contributed by atoms with Gasteiger partial charge in [0.15, 0.2) is 0 Å². The van der Waals surface area contributed by atoms with Crippen molar-refractivity contribution in [2.75, 3.05) is 19.7 Å². The molecule has 2 heterocycles. The summed E-state index contributed by atoms with van der Waals surface area (Å²) in [6.45, 7) is 6.01. The van der Waals surface area contributed by atoms with E-state index in [0.29, 0.717) is 12.5 Å². The highest BCUT2D eigenvalue weighted by atomic mass is 32.1. The Morgan fingerprint density at radius 2 is 2.50 bits per heavy atom. The van der Waals surface area contributed by atoms with Gasteiger partial charge < -0.3 is 9.64 Å². The summed E-state index contributed by atoms with van der Waals surface area (Å²) >= 11 is 1.80. The van der Waals surface area contributed by atoms with Crippen molar-refractivity contribution in [3.8, 4) is 0 Å². The van der Waals surface area contributed by atoms with Crippen LogP contribution >= 0.6 is 11.3 Å². The Kier molecular flexibility index (Phi) is 3.49. The zero-order valence-corrected chi connectivity index (χ0v) is 10.5. The highest BCUT2D eigenvalue weighted by Crippen LogP contribution is 2.30. The van der Waals surface area contributed by atoms with E-state index in [0.717, 1.165) is 19.5 Å². The molecule has 1 aliphatic heterocycles. The zero-order valence-electron chi connectivity index (χ0n) is 9.73. The minimum atomic E-state index is -0.176. The number of carbonyl (C=O) groups excluding carboxylic acids is 1. The molecule has 0 spiro atoms. The van der Waals surface area contributed by atoms with Crippen LogP contribution in [-0.2, 0) is 11.2 Å². The summed E-state index contributed by atoms with van der Waals surface area (Å²) in [7, 11) is 0. The third kappa shape index (κ3) is 2.21. The fourth-order valence-electron chi connectivity index (χ4n) is 2.13. The molecule has 1 aliphatic rings. The van der Waals surface area contributed by atoms with Gasteiger partial charge in [-0.3, -0.25) is 0 Å². The summed E-state index contributed by atoms with van der Waals surface area (Å²) in [4.78, 5) is 14.9. The molecule has 0 saturated carbocycles. The maximum atomic E-state index is 11.7. The van der Waals surface area contributed by atoms with Gasteiger partial charge in [0.05, 0.1) is 6.61 Å². The number of hydrogen-bond acceptors (Lipinski definition) is 3. The Hall–Kier alpha value is -1.03. The van der Waals surface area contributed by atoms with Gasteiger partial charge in [0.2, 0.25) is 0 Å². The molecule has 2 rings (SSSR count). The Morgan fingerprint density at radius 3 is 3.25 bits per heavy atom. The van der Waals surface area contributed by atoms with E-state index in [2.05, 4.69) is 18.4 Å². The van der Waals surface area contributed by atoms with Crippen LogP contribution in [0.4, 0.5) is 4.79 Å². The molecule has 1 unspecified atom stereocenters. The van der Waals surface area contributed by atoms with Gasteiger partial charge in [-0.25, -0.2) is 4.79 Å². The van der Waals surface area contributed by atoms with Gasteiger partial charge in [0.1, 0.15) is 0 Å². The van der Waals surface area contributed by atoms with Crippen LogP contribution in [0, 0.1) is 0 Å². The van der Waals surface area contributed by atoms with Crippen LogP contribution < -0.4 is 0 Å². The normalized spacial score (nSPS) is 20.1. The van der Waals surface area contributed by atoms with Gasteiger partial charge in [0.25, 0.3) is 0 Å². The smallest absolute Gasteiger partial charge is 0.409 e. The third-order valence-corrected chi connectivity index (χ3v) is 4.09. The quantitative estimate of drug-likeness (QED) is 0.754. The Bertz CT molecular complexity index is 375. The molecule has 0 saturated heterocycles. The molecule has 88 valence electrons. The van der Waals surface area contributed by atoms with Crippen molar-refractivity contribution in [3.05, 3.63) is 21.9 Å². The third-order valence-electron chi connectivity index (χ3n) is 2.90. The van der Waals surface area contributed by atoms with Crippen molar-refractivity contribution >= 4 is 17.4 Å². The summed E-state index contributed by atoms with van der Waals surface area (Å²) in [6.07, 6.45) is 0.770. The average molecular weight is 239 g/mol. The molecule has 16 heavy (non-hydrogen) atoms. The van der Waals surface area contributed by atoms with Gasteiger partial charge in [-0.15, -0.1) is 11.3 Å². The topological polar surface area (TPSA) is 29.5 Å². The minimum absolute atomic E-state index is 0.176. The van der Waals surface area contributed by atoms with Crippen LogP contribution in [0.2, 0.25) is 0 Å². The first-order chi connectivity index (χ1) is 7.72. The van der Waals surface area contributed by atoms with Gasteiger partial charge in [-0.05, 0) is 30.4 Å². The van der Waals surface area contributed by atoms with Crippen molar-refractivity contribution in [1.82, 2.24) is 4.90 Å². The SMILES string of the molecule is CCOC(=O)N1CCc2ccsc2C(C)C1. The zero-order chi connectivity index (χ0) is 11.5. The van der Waals surface area contributed by atoms with Crippen LogP contribution in [-0.4, -0.2) is 30.7 Å². The largest absolute Gasteiger partial charge is 0.450 e. The Balaban J connectivity index is 2.09. The Morgan fingerprint density at radius 1 is 1.69 bits per heavy atom. The van der Waals surface area contributed by atoms with Crippen LogP contribution in [0.3, 0.4) is 0 Å². The lowest BCUT2D eigenvalue weighted by Gasteiger charge is -2.21. The molecule has 0 aliphatic carbocycles. The lowest BCUT2D eigenvalue weighted by atomic mass is 10.1. The molecular formula is C12H17NO2S. The number of hydrogen-bond donors (Lipinski definition) is 0. The fourth-order valence-corrected chi connectivity index (χ4v) is 3.13. The van der Waals surface area contributed by atoms with E-state index in [4.69, 9.17) is 4.74 Å². The highest BCUT2D eigenvalue weighted by molar-refractivity contribution is 7.10. The second kappa shape index (κ2) is 4.87. The number of thiophene rings is 1. The second-order valence-corrected chi connectivity index (χ2v) is 5.05. The maximum Gasteiger partial charge on any atom is 0.409 e. The molecule has 1 aromatic heterocycles. The van der Waals surface area contributed by atoms with Crippen molar-refractivity contribution in [1.29, 1.82) is 0 Å². The molecule has 0 aromatic carbocycles. The number of ether oxygens (including phenoxy) is 1. The minimum Gasteiger partial charge on any atom is -0.450 e. The molecule has 0 fully saturated rings. The first kappa shape index (κ1) is 11.5. The molecule has 1 aromatic rings. The van der Waals surface area contributed by atoms with E-state index in [1.807, 2.05) is 11.8 Å². The number of amides is 1. The highest BCUT2D eigenvalue weighted by Gasteiger charge is 2.24. The second-order valence-electron chi connectivity index (χ2n) is 4.11. The van der Waals surface area contributed by atoms with E-state index in [9.17, 15) is 4.79 Å². The first-order valence-electron chi connectivity index (χ1n) is 5.70.